The van der Waals surface area contributed by atoms with Crippen molar-refractivity contribution in [1.82, 2.24) is 9.80 Å². The molecular weight excluding hydrogens is 298 g/mol. The molecule has 0 aromatic heterocycles. The van der Waals surface area contributed by atoms with E-state index in [0.29, 0.717) is 12.3 Å². The summed E-state index contributed by atoms with van der Waals surface area (Å²) in [7, 11) is 0. The summed E-state index contributed by atoms with van der Waals surface area (Å²) in [6.07, 6.45) is 3.84. The van der Waals surface area contributed by atoms with E-state index in [1.807, 2.05) is 0 Å². The summed E-state index contributed by atoms with van der Waals surface area (Å²) in [5, 5.41) is 0. The van der Waals surface area contributed by atoms with Crippen LogP contribution in [-0.2, 0) is 4.79 Å². The van der Waals surface area contributed by atoms with Gasteiger partial charge in [-0.2, -0.15) is 0 Å². The average Bonchev–Trinajstić information content (AvgIpc) is 2.62. The molecule has 4 heteroatoms. The van der Waals surface area contributed by atoms with Crippen LogP contribution in [0.2, 0.25) is 0 Å². The Bertz CT molecular complexity index is 503. The Kier molecular flexibility index (Phi) is 6.27. The first kappa shape index (κ1) is 17.4. The van der Waals surface area contributed by atoms with Gasteiger partial charge < -0.3 is 4.90 Å². The molecule has 0 atom stereocenters. The van der Waals surface area contributed by atoms with Gasteiger partial charge in [0.1, 0.15) is 5.78 Å². The summed E-state index contributed by atoms with van der Waals surface area (Å²) in [6.45, 7) is 10.4. The van der Waals surface area contributed by atoms with Gasteiger partial charge in [0.05, 0.1) is 6.54 Å². The van der Waals surface area contributed by atoms with E-state index in [1.54, 1.807) is 6.92 Å². The molecule has 0 N–H and O–H groups in total. The molecule has 0 saturated carbocycles. The third-order valence-electron chi connectivity index (χ3n) is 5.50. The third-order valence-corrected chi connectivity index (χ3v) is 5.50. The summed E-state index contributed by atoms with van der Waals surface area (Å²) in [5.41, 5.74) is 1.36. The van der Waals surface area contributed by atoms with Crippen LogP contribution in [0.25, 0.3) is 0 Å². The molecule has 2 fully saturated rings. The lowest BCUT2D eigenvalue weighted by molar-refractivity contribution is -0.118. The van der Waals surface area contributed by atoms with E-state index in [0.717, 1.165) is 32.1 Å². The number of piperazine rings is 1. The second kappa shape index (κ2) is 8.63. The number of piperidine rings is 1. The quantitative estimate of drug-likeness (QED) is 0.801. The number of anilines is 1. The molecule has 2 heterocycles. The maximum absolute atomic E-state index is 11.2. The molecule has 0 unspecified atom stereocenters. The van der Waals surface area contributed by atoms with E-state index in [-0.39, 0.29) is 0 Å². The summed E-state index contributed by atoms with van der Waals surface area (Å²) in [5.74, 6) is 1.14. The van der Waals surface area contributed by atoms with Gasteiger partial charge in [-0.05, 0) is 63.9 Å². The molecule has 0 aliphatic carbocycles. The highest BCUT2D eigenvalue weighted by molar-refractivity contribution is 5.77. The van der Waals surface area contributed by atoms with Crippen LogP contribution in [-0.4, -0.2) is 67.9 Å². The van der Waals surface area contributed by atoms with Gasteiger partial charge in [0, 0.05) is 31.9 Å². The van der Waals surface area contributed by atoms with Crippen molar-refractivity contribution >= 4 is 11.5 Å². The number of carbonyl (C=O) groups is 1. The molecule has 2 aliphatic heterocycles. The molecule has 2 aliphatic rings. The number of nitrogens with zero attached hydrogens (tertiary/aromatic N) is 3. The zero-order valence-corrected chi connectivity index (χ0v) is 15.0. The van der Waals surface area contributed by atoms with Gasteiger partial charge in [0.15, 0.2) is 0 Å². The van der Waals surface area contributed by atoms with Crippen LogP contribution in [0.4, 0.5) is 5.69 Å². The van der Waals surface area contributed by atoms with E-state index in [1.165, 1.54) is 44.6 Å². The second-order valence-electron chi connectivity index (χ2n) is 7.37. The lowest BCUT2D eigenvalue weighted by Gasteiger charge is -2.37. The van der Waals surface area contributed by atoms with Crippen molar-refractivity contribution in [2.75, 3.05) is 57.3 Å². The number of hydrogen-bond acceptors (Lipinski definition) is 4. The van der Waals surface area contributed by atoms with Crippen LogP contribution in [0.3, 0.4) is 0 Å². The molecule has 0 bridgehead atoms. The summed E-state index contributed by atoms with van der Waals surface area (Å²) < 4.78 is 0. The number of para-hydroxylation sites is 1. The summed E-state index contributed by atoms with van der Waals surface area (Å²) in [6, 6.07) is 10.8. The fraction of sp³-hybridized carbons (Fsp3) is 0.650. The Morgan fingerprint density at radius 2 is 1.62 bits per heavy atom. The fourth-order valence-corrected chi connectivity index (χ4v) is 3.98. The molecule has 132 valence electrons. The predicted octanol–water partition coefficient (Wildman–Crippen LogP) is 2.50. The maximum atomic E-state index is 11.2. The number of rotatable bonds is 6. The first-order valence-corrected chi connectivity index (χ1v) is 9.45. The van der Waals surface area contributed by atoms with E-state index >= 15 is 0 Å². The Labute approximate surface area is 146 Å². The van der Waals surface area contributed by atoms with Crippen molar-refractivity contribution in [3.05, 3.63) is 30.3 Å². The van der Waals surface area contributed by atoms with Gasteiger partial charge in [-0.15, -0.1) is 0 Å². The van der Waals surface area contributed by atoms with Crippen LogP contribution in [0, 0.1) is 5.92 Å². The minimum atomic E-state index is 0.296. The maximum Gasteiger partial charge on any atom is 0.143 e. The van der Waals surface area contributed by atoms with Crippen LogP contribution in [0.5, 0.6) is 0 Å². The minimum absolute atomic E-state index is 0.296. The smallest absolute Gasteiger partial charge is 0.143 e. The number of benzene rings is 1. The Morgan fingerprint density at radius 1 is 0.958 bits per heavy atom. The van der Waals surface area contributed by atoms with Gasteiger partial charge in [-0.3, -0.25) is 14.6 Å². The fourth-order valence-electron chi connectivity index (χ4n) is 3.98. The Balaban J connectivity index is 1.33. The van der Waals surface area contributed by atoms with Crippen LogP contribution < -0.4 is 4.90 Å². The van der Waals surface area contributed by atoms with Gasteiger partial charge in [-0.1, -0.05) is 18.2 Å². The lowest BCUT2D eigenvalue weighted by atomic mass is 9.93. The van der Waals surface area contributed by atoms with E-state index in [4.69, 9.17) is 0 Å². The van der Waals surface area contributed by atoms with Crippen molar-refractivity contribution < 1.29 is 4.79 Å². The van der Waals surface area contributed by atoms with Gasteiger partial charge in [0.2, 0.25) is 0 Å². The first-order valence-electron chi connectivity index (χ1n) is 9.45. The summed E-state index contributed by atoms with van der Waals surface area (Å²) in [4.78, 5) is 18.6. The lowest BCUT2D eigenvalue weighted by Crippen LogP contribution is -2.47. The standard InChI is InChI=1S/C20H31N3O/c1-18(24)17-22-11-8-19(9-12-22)7-10-21-13-15-23(16-14-21)20-5-3-2-4-6-20/h2-6,19H,7-17H2,1H3. The van der Waals surface area contributed by atoms with Gasteiger partial charge in [0.25, 0.3) is 0 Å². The van der Waals surface area contributed by atoms with Crippen molar-refractivity contribution in [3.8, 4) is 0 Å². The summed E-state index contributed by atoms with van der Waals surface area (Å²) >= 11 is 0. The van der Waals surface area contributed by atoms with Crippen molar-refractivity contribution in [2.45, 2.75) is 26.2 Å². The van der Waals surface area contributed by atoms with Gasteiger partial charge in [-0.25, -0.2) is 0 Å². The minimum Gasteiger partial charge on any atom is -0.369 e. The molecule has 0 spiro atoms. The molecule has 0 amide bonds. The molecule has 2 saturated heterocycles. The molecule has 24 heavy (non-hydrogen) atoms. The van der Waals surface area contributed by atoms with Crippen LogP contribution >= 0.6 is 0 Å². The monoisotopic (exact) mass is 329 g/mol. The molecule has 3 rings (SSSR count). The highest BCUT2D eigenvalue weighted by Gasteiger charge is 2.22. The average molecular weight is 329 g/mol. The molecule has 1 aromatic carbocycles. The SMILES string of the molecule is CC(=O)CN1CCC(CCN2CCN(c3ccccc3)CC2)CC1. The molecular formula is C20H31N3O. The highest BCUT2D eigenvalue weighted by Crippen LogP contribution is 2.21. The van der Waals surface area contributed by atoms with Crippen molar-refractivity contribution in [1.29, 1.82) is 0 Å². The first-order chi connectivity index (χ1) is 11.7. The number of ketones is 1. The largest absolute Gasteiger partial charge is 0.369 e. The normalized spacial score (nSPS) is 21.1. The van der Waals surface area contributed by atoms with E-state index in [2.05, 4.69) is 45.0 Å². The number of Topliss-reactive ketones (excluding diaryl/α,β-unsaturated/α-hetero) is 1. The Hall–Kier alpha value is -1.39. The van der Waals surface area contributed by atoms with Crippen LogP contribution in [0.15, 0.2) is 30.3 Å². The van der Waals surface area contributed by atoms with Crippen molar-refractivity contribution in [3.63, 3.8) is 0 Å². The van der Waals surface area contributed by atoms with Crippen molar-refractivity contribution in [2.24, 2.45) is 5.92 Å². The number of hydrogen-bond donors (Lipinski definition) is 0. The topological polar surface area (TPSA) is 26.8 Å². The zero-order chi connectivity index (χ0) is 16.8. The van der Waals surface area contributed by atoms with E-state index < -0.39 is 0 Å². The number of likely N-dealkylation sites (tertiary alicyclic amines) is 1. The number of carbonyl (C=O) groups excluding carboxylic acids is 1. The highest BCUT2D eigenvalue weighted by atomic mass is 16.1. The predicted molar refractivity (Wildman–Crippen MR) is 99.6 cm³/mol. The second-order valence-corrected chi connectivity index (χ2v) is 7.37. The van der Waals surface area contributed by atoms with Gasteiger partial charge >= 0.3 is 0 Å². The third kappa shape index (κ3) is 5.05. The van der Waals surface area contributed by atoms with E-state index in [9.17, 15) is 4.79 Å². The zero-order valence-electron chi connectivity index (χ0n) is 15.0. The van der Waals surface area contributed by atoms with Crippen LogP contribution in [0.1, 0.15) is 26.2 Å². The Morgan fingerprint density at radius 3 is 2.25 bits per heavy atom. The molecule has 4 nitrogen and oxygen atoms in total. The molecule has 1 aromatic rings. The molecule has 0 radical (unpaired) electrons.